The maximum absolute atomic E-state index is 12.8. The van der Waals surface area contributed by atoms with Crippen molar-refractivity contribution in [3.8, 4) is 5.75 Å². The number of aliphatic hydroxyl groups excluding tert-OH is 1. The number of aryl methyl sites for hydroxylation is 1. The van der Waals surface area contributed by atoms with Gasteiger partial charge in [0.25, 0.3) is 0 Å². The number of benzene rings is 1. The number of methoxy groups -OCH3 is 1. The number of nitrogens with zero attached hydrogens (tertiary/aromatic N) is 2. The van der Waals surface area contributed by atoms with E-state index >= 15 is 0 Å². The van der Waals surface area contributed by atoms with Crippen molar-refractivity contribution in [2.75, 3.05) is 34.3 Å². The van der Waals surface area contributed by atoms with Crippen LogP contribution in [-0.2, 0) is 10.0 Å². The van der Waals surface area contributed by atoms with Gasteiger partial charge in [0.05, 0.1) is 19.3 Å². The van der Waals surface area contributed by atoms with Gasteiger partial charge in [0.15, 0.2) is 0 Å². The summed E-state index contributed by atoms with van der Waals surface area (Å²) in [5.74, 6) is 0.331. The third-order valence-corrected chi connectivity index (χ3v) is 5.70. The smallest absolute Gasteiger partial charge is 0.246 e. The Bertz CT molecular complexity index is 615. The summed E-state index contributed by atoms with van der Waals surface area (Å²) in [6, 6.07) is 4.80. The Morgan fingerprint density at radius 2 is 2.00 bits per heavy atom. The zero-order chi connectivity index (χ0) is 15.8. The topological polar surface area (TPSA) is 70.1 Å². The van der Waals surface area contributed by atoms with Crippen LogP contribution in [0, 0.1) is 6.92 Å². The summed E-state index contributed by atoms with van der Waals surface area (Å²) in [4.78, 5) is 1.98. The van der Waals surface area contributed by atoms with Gasteiger partial charge in [0.1, 0.15) is 10.6 Å². The minimum Gasteiger partial charge on any atom is -0.495 e. The van der Waals surface area contributed by atoms with Crippen LogP contribution in [0.5, 0.6) is 5.75 Å². The van der Waals surface area contributed by atoms with Crippen LogP contribution < -0.4 is 4.74 Å². The van der Waals surface area contributed by atoms with Crippen molar-refractivity contribution in [2.24, 2.45) is 0 Å². The Balaban J connectivity index is 2.36. The van der Waals surface area contributed by atoms with Crippen LogP contribution in [0.4, 0.5) is 0 Å². The van der Waals surface area contributed by atoms with Crippen molar-refractivity contribution in [1.82, 2.24) is 9.21 Å². The maximum atomic E-state index is 12.8. The van der Waals surface area contributed by atoms with Crippen molar-refractivity contribution >= 4 is 10.0 Å². The van der Waals surface area contributed by atoms with Crippen LogP contribution in [0.15, 0.2) is 23.1 Å². The maximum Gasteiger partial charge on any atom is 0.246 e. The molecule has 1 heterocycles. The zero-order valence-corrected chi connectivity index (χ0v) is 13.6. The lowest BCUT2D eigenvalue weighted by Gasteiger charge is -2.22. The van der Waals surface area contributed by atoms with E-state index in [1.807, 2.05) is 25.9 Å². The Hall–Kier alpha value is -1.15. The lowest BCUT2D eigenvalue weighted by atomic mass is 10.2. The molecule has 1 fully saturated rings. The lowest BCUT2D eigenvalue weighted by molar-refractivity contribution is 0.113. The fourth-order valence-electron chi connectivity index (χ4n) is 2.57. The molecule has 1 aliphatic heterocycles. The molecule has 1 aliphatic rings. The summed E-state index contributed by atoms with van der Waals surface area (Å²) in [5.41, 5.74) is 0.929. The monoisotopic (exact) mass is 314 g/mol. The molecule has 0 unspecified atom stereocenters. The highest BCUT2D eigenvalue weighted by Crippen LogP contribution is 2.30. The first kappa shape index (κ1) is 16.2. The predicted octanol–water partition coefficient (Wildman–Crippen LogP) is 0.299. The van der Waals surface area contributed by atoms with Crippen LogP contribution in [0.3, 0.4) is 0 Å². The summed E-state index contributed by atoms with van der Waals surface area (Å²) in [6.07, 6.45) is -0.689. The van der Waals surface area contributed by atoms with Crippen molar-refractivity contribution < 1.29 is 18.3 Å². The molecule has 0 amide bonds. The summed E-state index contributed by atoms with van der Waals surface area (Å²) in [6.45, 7) is 2.25. The summed E-state index contributed by atoms with van der Waals surface area (Å²) < 4.78 is 32.0. The molecule has 6 nitrogen and oxygen atoms in total. The first-order chi connectivity index (χ1) is 9.77. The first-order valence-electron chi connectivity index (χ1n) is 6.76. The third kappa shape index (κ3) is 3.06. The first-order valence-corrected chi connectivity index (χ1v) is 8.20. The number of sulfonamides is 1. The van der Waals surface area contributed by atoms with E-state index < -0.39 is 16.1 Å². The Morgan fingerprint density at radius 1 is 1.33 bits per heavy atom. The molecule has 0 radical (unpaired) electrons. The van der Waals surface area contributed by atoms with Crippen LogP contribution in [0.2, 0.25) is 0 Å². The number of hydrogen-bond acceptors (Lipinski definition) is 5. The molecular weight excluding hydrogens is 292 g/mol. The molecule has 0 spiro atoms. The van der Waals surface area contributed by atoms with Gasteiger partial charge in [-0.1, -0.05) is 6.07 Å². The van der Waals surface area contributed by atoms with Crippen molar-refractivity contribution in [3.63, 3.8) is 0 Å². The largest absolute Gasteiger partial charge is 0.495 e. The van der Waals surface area contributed by atoms with Crippen LogP contribution >= 0.6 is 0 Å². The van der Waals surface area contributed by atoms with Gasteiger partial charge in [0, 0.05) is 13.1 Å². The third-order valence-electron chi connectivity index (χ3n) is 3.83. The lowest BCUT2D eigenvalue weighted by Crippen LogP contribution is -2.38. The van der Waals surface area contributed by atoms with Crippen LogP contribution in [0.1, 0.15) is 5.56 Å². The number of likely N-dealkylation sites (N-methyl/N-ethyl adjacent to an activating group) is 1. The number of rotatable bonds is 4. The molecule has 118 valence electrons. The average molecular weight is 314 g/mol. The molecule has 1 saturated heterocycles. The molecule has 21 heavy (non-hydrogen) atoms. The molecule has 2 rings (SSSR count). The van der Waals surface area contributed by atoms with Crippen LogP contribution in [0.25, 0.3) is 0 Å². The van der Waals surface area contributed by atoms with Crippen molar-refractivity contribution in [2.45, 2.75) is 24.0 Å². The highest BCUT2D eigenvalue weighted by molar-refractivity contribution is 7.89. The zero-order valence-electron chi connectivity index (χ0n) is 12.8. The normalized spacial score (nSPS) is 23.7. The second-order valence-corrected chi connectivity index (χ2v) is 7.48. The Morgan fingerprint density at radius 3 is 2.52 bits per heavy atom. The second kappa shape index (κ2) is 5.92. The van der Waals surface area contributed by atoms with E-state index in [0.717, 1.165) is 5.56 Å². The molecule has 0 saturated carbocycles. The molecule has 1 aromatic carbocycles. The van der Waals surface area contributed by atoms with E-state index in [2.05, 4.69) is 0 Å². The van der Waals surface area contributed by atoms with Gasteiger partial charge in [-0.15, -0.1) is 0 Å². The molecule has 7 heteroatoms. The van der Waals surface area contributed by atoms with Crippen LogP contribution in [-0.4, -0.2) is 69.2 Å². The summed E-state index contributed by atoms with van der Waals surface area (Å²) in [5, 5.41) is 10.0. The van der Waals surface area contributed by atoms with Gasteiger partial charge in [-0.2, -0.15) is 4.31 Å². The predicted molar refractivity (Wildman–Crippen MR) is 80.0 cm³/mol. The molecule has 1 aromatic rings. The number of ether oxygens (including phenoxy) is 1. The molecule has 2 atom stereocenters. The summed E-state index contributed by atoms with van der Waals surface area (Å²) in [7, 11) is 1.44. The highest BCUT2D eigenvalue weighted by Gasteiger charge is 2.40. The van der Waals surface area contributed by atoms with Crippen molar-refractivity contribution in [3.05, 3.63) is 23.8 Å². The standard InChI is InChI=1S/C14H22N2O4S/c1-10-5-6-14(13(7-10)20-4)21(18,19)16-8-11(15(2)3)12(17)9-16/h5-7,11-12,17H,8-9H2,1-4H3/t11-,12-/m0/s1. The fraction of sp³-hybridized carbons (Fsp3) is 0.571. The Kier molecular flexibility index (Phi) is 4.57. The van der Waals surface area contributed by atoms with Gasteiger partial charge in [-0.25, -0.2) is 8.42 Å². The number of hydrogen-bond donors (Lipinski definition) is 1. The minimum atomic E-state index is -3.68. The second-order valence-electron chi connectivity index (χ2n) is 5.57. The van der Waals surface area contributed by atoms with E-state index in [9.17, 15) is 13.5 Å². The number of β-amino-alcohol motifs (C(OH)–C–C–N with tert-alkyl or cyclic N) is 1. The van der Waals surface area contributed by atoms with Gasteiger partial charge in [0.2, 0.25) is 10.0 Å². The van der Waals surface area contributed by atoms with Gasteiger partial charge >= 0.3 is 0 Å². The Labute approximate surface area is 126 Å². The van der Waals surface area contributed by atoms with E-state index in [0.29, 0.717) is 5.75 Å². The average Bonchev–Trinajstić information content (AvgIpc) is 2.81. The molecule has 1 N–H and O–H groups in total. The molecule has 0 aromatic heterocycles. The highest BCUT2D eigenvalue weighted by atomic mass is 32.2. The quantitative estimate of drug-likeness (QED) is 0.865. The van der Waals surface area contributed by atoms with E-state index in [4.69, 9.17) is 4.74 Å². The van der Waals surface area contributed by atoms with E-state index in [-0.39, 0.29) is 24.0 Å². The number of aliphatic hydroxyl groups is 1. The minimum absolute atomic E-state index is 0.0994. The molecular formula is C14H22N2O4S. The van der Waals surface area contributed by atoms with E-state index in [1.165, 1.54) is 11.4 Å². The molecule has 0 aliphatic carbocycles. The van der Waals surface area contributed by atoms with Gasteiger partial charge < -0.3 is 14.7 Å². The SMILES string of the molecule is COc1cc(C)ccc1S(=O)(=O)N1C[C@H](O)[C@@H](N(C)C)C1. The fourth-order valence-corrected chi connectivity index (χ4v) is 4.18. The van der Waals surface area contributed by atoms with Crippen molar-refractivity contribution in [1.29, 1.82) is 0 Å². The summed E-state index contributed by atoms with van der Waals surface area (Å²) >= 11 is 0. The van der Waals surface area contributed by atoms with E-state index in [1.54, 1.807) is 18.2 Å². The van der Waals surface area contributed by atoms with Gasteiger partial charge in [-0.3, -0.25) is 0 Å². The molecule has 0 bridgehead atoms. The van der Waals surface area contributed by atoms with Gasteiger partial charge in [-0.05, 0) is 38.7 Å².